The molecule has 0 N–H and O–H groups in total. The molecule has 0 fully saturated rings. The predicted octanol–water partition coefficient (Wildman–Crippen LogP) is 13.4. The van der Waals surface area contributed by atoms with Gasteiger partial charge in [0, 0.05) is 43.6 Å². The minimum atomic E-state index is -3.64. The molecule has 0 aliphatic heterocycles. The van der Waals surface area contributed by atoms with E-state index in [1.54, 1.807) is 0 Å². The van der Waals surface area contributed by atoms with Crippen molar-refractivity contribution in [1.29, 1.82) is 0 Å². The van der Waals surface area contributed by atoms with E-state index in [0.717, 1.165) is 21.2 Å². The summed E-state index contributed by atoms with van der Waals surface area (Å²) in [6, 6.07) is 79.7. The average molecular weight is 911 g/mol. The Balaban J connectivity index is 1.51. The molecule has 0 spiro atoms. The standard InChI is InChI=1S/C49H42N2O4P4S2/c60-58(52-42-25-9-1-10-26-42,53-43-27-11-2-12-28-43)50-56(46-33-17-5-18-34-46,47-35-19-6-20-36-47)41-57(48-37-21-7-22-38-48,49-39-23-8-24-40-49)51-59(61,54-44-29-13-3-14-30-44)55-45-31-15-4-16-32-45/h1-40H,41H2. The maximum atomic E-state index is 6.87. The zero-order chi connectivity index (χ0) is 41.9. The van der Waals surface area contributed by atoms with E-state index in [0.29, 0.717) is 28.9 Å². The highest BCUT2D eigenvalue weighted by molar-refractivity contribution is 8.13. The summed E-state index contributed by atoms with van der Waals surface area (Å²) >= 11 is 13.3. The third-order valence-electron chi connectivity index (χ3n) is 9.52. The van der Waals surface area contributed by atoms with Gasteiger partial charge in [0.25, 0.3) is 0 Å². The minimum absolute atomic E-state index is 0.380. The summed E-state index contributed by atoms with van der Waals surface area (Å²) in [6.07, 6.45) is 0. The second kappa shape index (κ2) is 19.6. The van der Waals surface area contributed by atoms with Crippen LogP contribution in [0.5, 0.6) is 23.0 Å². The molecule has 8 aromatic carbocycles. The van der Waals surface area contributed by atoms with E-state index in [1.165, 1.54) is 0 Å². The molecule has 0 amide bonds. The molecule has 12 heteroatoms. The van der Waals surface area contributed by atoms with Gasteiger partial charge in [-0.1, -0.05) is 194 Å². The topological polar surface area (TPSA) is 61.6 Å². The van der Waals surface area contributed by atoms with Crippen molar-refractivity contribution in [3.05, 3.63) is 243 Å². The van der Waals surface area contributed by atoms with Crippen LogP contribution in [0.1, 0.15) is 0 Å². The van der Waals surface area contributed by atoms with Crippen molar-refractivity contribution in [2.45, 2.75) is 0 Å². The van der Waals surface area contributed by atoms with Gasteiger partial charge in [-0.25, -0.2) is 0 Å². The van der Waals surface area contributed by atoms with Crippen LogP contribution in [0.3, 0.4) is 0 Å². The maximum Gasteiger partial charge on any atom is 0.413 e. The van der Waals surface area contributed by atoms with Crippen molar-refractivity contribution in [2.75, 3.05) is 5.90 Å². The molecule has 8 rings (SSSR count). The van der Waals surface area contributed by atoms with Crippen molar-refractivity contribution in [1.82, 2.24) is 0 Å². The van der Waals surface area contributed by atoms with Crippen LogP contribution < -0.4 is 39.3 Å². The first-order valence-corrected chi connectivity index (χ1v) is 28.6. The van der Waals surface area contributed by atoms with Gasteiger partial charge in [0.2, 0.25) is 0 Å². The van der Waals surface area contributed by atoms with Gasteiger partial charge in [-0.2, -0.15) is 9.03 Å². The summed E-state index contributed by atoms with van der Waals surface area (Å²) in [5.74, 6) is 2.62. The molecule has 61 heavy (non-hydrogen) atoms. The fraction of sp³-hybridized carbons (Fsp3) is 0.0204. The van der Waals surface area contributed by atoms with Gasteiger partial charge in [-0.15, -0.1) is 0 Å². The molecule has 0 aliphatic carbocycles. The fourth-order valence-corrected chi connectivity index (χ4v) is 26.7. The van der Waals surface area contributed by atoms with E-state index < -0.39 is 27.4 Å². The van der Waals surface area contributed by atoms with E-state index in [1.807, 2.05) is 194 Å². The monoisotopic (exact) mass is 910 g/mol. The summed E-state index contributed by atoms with van der Waals surface area (Å²) in [5.41, 5.74) is 0. The summed E-state index contributed by atoms with van der Waals surface area (Å²) in [4.78, 5) is 0. The summed E-state index contributed by atoms with van der Waals surface area (Å²) in [7, 11) is -6.33. The Morgan fingerprint density at radius 1 is 0.279 bits per heavy atom. The van der Waals surface area contributed by atoms with Gasteiger partial charge < -0.3 is 18.1 Å². The molecular weight excluding hydrogens is 869 g/mol. The normalized spacial score (nSPS) is 11.8. The van der Waals surface area contributed by atoms with Gasteiger partial charge in [-0.3, -0.25) is 0 Å². The molecule has 0 aromatic heterocycles. The predicted molar refractivity (Wildman–Crippen MR) is 265 cm³/mol. The van der Waals surface area contributed by atoms with Gasteiger partial charge >= 0.3 is 13.3 Å². The maximum absolute atomic E-state index is 6.87. The van der Waals surface area contributed by atoms with E-state index in [-0.39, 0.29) is 0 Å². The van der Waals surface area contributed by atoms with Crippen molar-refractivity contribution in [3.8, 4) is 23.0 Å². The lowest BCUT2D eigenvalue weighted by Crippen LogP contribution is -2.26. The molecule has 304 valence electrons. The molecule has 0 radical (unpaired) electrons. The lowest BCUT2D eigenvalue weighted by molar-refractivity contribution is 0.488. The van der Waals surface area contributed by atoms with Crippen molar-refractivity contribution >= 4 is 72.2 Å². The molecule has 0 atom stereocenters. The first-order valence-electron chi connectivity index (χ1n) is 19.5. The third kappa shape index (κ3) is 10.4. The van der Waals surface area contributed by atoms with Crippen molar-refractivity contribution in [3.63, 3.8) is 0 Å². The van der Waals surface area contributed by atoms with Crippen LogP contribution in [0.2, 0.25) is 0 Å². The molecule has 6 nitrogen and oxygen atoms in total. The zero-order valence-corrected chi connectivity index (χ0v) is 38.1. The quantitative estimate of drug-likeness (QED) is 0.0900. The van der Waals surface area contributed by atoms with E-state index in [2.05, 4.69) is 48.5 Å². The Bertz CT molecular complexity index is 2470. The van der Waals surface area contributed by atoms with Gasteiger partial charge in [0.05, 0.1) is 0 Å². The first-order chi connectivity index (χ1) is 29.9. The Kier molecular flexibility index (Phi) is 13.6. The molecule has 0 saturated carbocycles. The van der Waals surface area contributed by atoms with Gasteiger partial charge in [0.1, 0.15) is 23.0 Å². The smallest absolute Gasteiger partial charge is 0.413 e. The second-order valence-corrected chi connectivity index (χ2v) is 26.8. The van der Waals surface area contributed by atoms with Gasteiger partial charge in [-0.05, 0) is 69.7 Å². The summed E-state index contributed by atoms with van der Waals surface area (Å²) in [5, 5.41) is 3.93. The largest absolute Gasteiger partial charge is 0.419 e. The van der Waals surface area contributed by atoms with Crippen LogP contribution in [0.4, 0.5) is 0 Å². The Morgan fingerprint density at radius 3 is 0.656 bits per heavy atom. The van der Waals surface area contributed by atoms with Crippen LogP contribution in [-0.2, 0) is 23.6 Å². The third-order valence-corrected chi connectivity index (χ3v) is 25.6. The van der Waals surface area contributed by atoms with Crippen molar-refractivity contribution in [2.24, 2.45) is 9.03 Å². The van der Waals surface area contributed by atoms with E-state index in [9.17, 15) is 0 Å². The number of para-hydroxylation sites is 4. The number of nitrogens with zero attached hydrogens (tertiary/aromatic N) is 2. The molecule has 0 heterocycles. The Morgan fingerprint density at radius 2 is 0.459 bits per heavy atom. The molecule has 0 saturated heterocycles. The summed E-state index contributed by atoms with van der Waals surface area (Å²) < 4.78 is 39.4. The number of hydrogen-bond acceptors (Lipinski definition) is 6. The number of rotatable bonds is 16. The SMILES string of the molecule is S=P(N=P(CP(=NP(=S)(Oc1ccccc1)Oc1ccccc1)(c1ccccc1)c1ccccc1)(c1ccccc1)c1ccccc1)(Oc1ccccc1)Oc1ccccc1. The molecule has 0 unspecified atom stereocenters. The molecule has 0 bridgehead atoms. The van der Waals surface area contributed by atoms with Crippen molar-refractivity contribution < 1.29 is 18.1 Å². The van der Waals surface area contributed by atoms with Crippen LogP contribution in [0.15, 0.2) is 252 Å². The highest BCUT2D eigenvalue weighted by Crippen LogP contribution is 2.71. The Labute approximate surface area is 368 Å². The van der Waals surface area contributed by atoms with E-state index >= 15 is 0 Å². The number of benzene rings is 8. The minimum Gasteiger partial charge on any atom is -0.419 e. The molecular formula is C49H42N2O4P4S2. The Hall–Kier alpha value is -5.28. The van der Waals surface area contributed by atoms with Gasteiger partial charge in [0.15, 0.2) is 0 Å². The van der Waals surface area contributed by atoms with Crippen LogP contribution >= 0.6 is 27.4 Å². The average Bonchev–Trinajstić information content (AvgIpc) is 3.31. The molecule has 0 aliphatic rings. The number of hydrogen-bond donors (Lipinski definition) is 0. The first kappa shape index (κ1) is 42.4. The zero-order valence-electron chi connectivity index (χ0n) is 32.9. The van der Waals surface area contributed by atoms with Crippen LogP contribution in [0, 0.1) is 0 Å². The summed E-state index contributed by atoms with van der Waals surface area (Å²) in [6.45, 7) is -7.28. The second-order valence-electron chi connectivity index (χ2n) is 13.8. The lowest BCUT2D eigenvalue weighted by atomic mass is 10.3. The van der Waals surface area contributed by atoms with Crippen LogP contribution in [0.25, 0.3) is 0 Å². The molecule has 8 aromatic rings. The lowest BCUT2D eigenvalue weighted by Gasteiger charge is -2.37. The van der Waals surface area contributed by atoms with E-state index in [4.69, 9.17) is 50.7 Å². The highest BCUT2D eigenvalue weighted by atomic mass is 32.5. The van der Waals surface area contributed by atoms with Crippen LogP contribution in [-0.4, -0.2) is 5.90 Å². The fourth-order valence-electron chi connectivity index (χ4n) is 6.83. The highest BCUT2D eigenvalue weighted by Gasteiger charge is 2.41.